The van der Waals surface area contributed by atoms with Gasteiger partial charge in [-0.2, -0.15) is 0 Å². The van der Waals surface area contributed by atoms with Crippen molar-refractivity contribution in [3.8, 4) is 0 Å². The number of nitrogens with one attached hydrogen (secondary N) is 2. The van der Waals surface area contributed by atoms with Gasteiger partial charge in [-0.05, 0) is 57.3 Å². The van der Waals surface area contributed by atoms with Gasteiger partial charge >= 0.3 is 0 Å². The third-order valence-electron chi connectivity index (χ3n) is 6.29. The number of hydrogen-bond donors (Lipinski definition) is 2. The molecule has 0 spiro atoms. The molecule has 0 radical (unpaired) electrons. The molecule has 2 N–H and O–H groups in total. The van der Waals surface area contributed by atoms with E-state index >= 15 is 0 Å². The van der Waals surface area contributed by atoms with Gasteiger partial charge in [-0.3, -0.25) is 9.59 Å². The van der Waals surface area contributed by atoms with Crippen molar-refractivity contribution >= 4 is 11.8 Å². The lowest BCUT2D eigenvalue weighted by atomic mass is 9.86. The van der Waals surface area contributed by atoms with E-state index in [0.717, 1.165) is 38.5 Å². The summed E-state index contributed by atoms with van der Waals surface area (Å²) in [4.78, 5) is 24.4. The number of nitrogens with zero attached hydrogens (tertiary/aromatic N) is 3. The lowest BCUT2D eigenvalue weighted by molar-refractivity contribution is -0.123. The maximum atomic E-state index is 12.3. The van der Waals surface area contributed by atoms with E-state index in [2.05, 4.69) is 20.9 Å². The van der Waals surface area contributed by atoms with E-state index < -0.39 is 0 Å². The fraction of sp³-hybridized carbons (Fsp3) is 0.800. The SMILES string of the molecule is O=C(CC1CCCCC1)NC1CCC(n2cc(C(=O)NC3CC3)nn2)CC1. The van der Waals surface area contributed by atoms with Crippen LogP contribution in [0.4, 0.5) is 0 Å². The molecule has 1 aromatic heterocycles. The largest absolute Gasteiger partial charge is 0.353 e. The number of rotatable bonds is 6. The highest BCUT2D eigenvalue weighted by Crippen LogP contribution is 2.29. The van der Waals surface area contributed by atoms with Gasteiger partial charge in [0.2, 0.25) is 5.91 Å². The molecular weight excluding hydrogens is 342 g/mol. The van der Waals surface area contributed by atoms with Gasteiger partial charge < -0.3 is 10.6 Å². The molecule has 3 saturated carbocycles. The molecule has 3 aliphatic rings. The highest BCUT2D eigenvalue weighted by molar-refractivity contribution is 5.92. The Morgan fingerprint density at radius 1 is 0.926 bits per heavy atom. The Morgan fingerprint density at radius 3 is 2.30 bits per heavy atom. The second kappa shape index (κ2) is 8.40. The zero-order valence-electron chi connectivity index (χ0n) is 16.0. The summed E-state index contributed by atoms with van der Waals surface area (Å²) < 4.78 is 1.84. The summed E-state index contributed by atoms with van der Waals surface area (Å²) in [5.41, 5.74) is 0.407. The van der Waals surface area contributed by atoms with Crippen molar-refractivity contribution in [1.29, 1.82) is 0 Å². The van der Waals surface area contributed by atoms with Crippen LogP contribution in [0.2, 0.25) is 0 Å². The van der Waals surface area contributed by atoms with Crippen LogP contribution in [0.25, 0.3) is 0 Å². The smallest absolute Gasteiger partial charge is 0.273 e. The van der Waals surface area contributed by atoms with E-state index in [1.54, 1.807) is 6.20 Å². The van der Waals surface area contributed by atoms with Crippen molar-refractivity contribution in [3.05, 3.63) is 11.9 Å². The van der Waals surface area contributed by atoms with Gasteiger partial charge in [0.15, 0.2) is 5.69 Å². The van der Waals surface area contributed by atoms with Gasteiger partial charge in [-0.25, -0.2) is 4.68 Å². The summed E-state index contributed by atoms with van der Waals surface area (Å²) in [5, 5.41) is 14.4. The summed E-state index contributed by atoms with van der Waals surface area (Å²) in [6.45, 7) is 0. The highest BCUT2D eigenvalue weighted by atomic mass is 16.2. The second-order valence-corrected chi connectivity index (χ2v) is 8.61. The molecule has 0 aliphatic heterocycles. The Labute approximate surface area is 160 Å². The third-order valence-corrected chi connectivity index (χ3v) is 6.29. The topological polar surface area (TPSA) is 88.9 Å². The fourth-order valence-corrected chi connectivity index (χ4v) is 4.47. The standard InChI is InChI=1S/C20H31N5O2/c26-19(12-14-4-2-1-3-5-14)21-15-8-10-17(11-9-15)25-13-18(23-24-25)20(27)22-16-6-7-16/h13-17H,1-12H2,(H,21,26)(H,22,27). The molecule has 4 rings (SSSR count). The minimum atomic E-state index is -0.118. The van der Waals surface area contributed by atoms with Crippen LogP contribution in [0.5, 0.6) is 0 Å². The molecule has 0 unspecified atom stereocenters. The molecule has 3 aliphatic carbocycles. The molecule has 3 fully saturated rings. The van der Waals surface area contributed by atoms with Crippen molar-refractivity contribution in [3.63, 3.8) is 0 Å². The number of aromatic nitrogens is 3. The van der Waals surface area contributed by atoms with Crippen molar-refractivity contribution < 1.29 is 9.59 Å². The summed E-state index contributed by atoms with van der Waals surface area (Å²) in [6, 6.07) is 0.875. The van der Waals surface area contributed by atoms with E-state index in [0.29, 0.717) is 24.1 Å². The first-order valence-corrected chi connectivity index (χ1v) is 10.7. The summed E-state index contributed by atoms with van der Waals surface area (Å²) in [6.07, 6.45) is 14.8. The van der Waals surface area contributed by atoms with Gasteiger partial charge in [0.25, 0.3) is 5.91 Å². The molecular formula is C20H31N5O2. The Balaban J connectivity index is 1.21. The zero-order valence-corrected chi connectivity index (χ0v) is 16.0. The Bertz CT molecular complexity index is 655. The van der Waals surface area contributed by atoms with E-state index in [9.17, 15) is 9.59 Å². The Morgan fingerprint density at radius 2 is 1.59 bits per heavy atom. The molecule has 1 aromatic rings. The summed E-state index contributed by atoms with van der Waals surface area (Å²) in [5.74, 6) is 0.697. The second-order valence-electron chi connectivity index (χ2n) is 8.61. The number of carbonyl (C=O) groups is 2. The van der Waals surface area contributed by atoms with Crippen LogP contribution in [-0.4, -0.2) is 38.9 Å². The van der Waals surface area contributed by atoms with Gasteiger partial charge in [0.05, 0.1) is 12.2 Å². The predicted octanol–water partition coefficient (Wildman–Crippen LogP) is 2.74. The normalized spacial score (nSPS) is 26.5. The monoisotopic (exact) mass is 373 g/mol. The molecule has 7 nitrogen and oxygen atoms in total. The number of amides is 2. The average Bonchev–Trinajstić information content (AvgIpc) is 3.35. The zero-order chi connectivity index (χ0) is 18.6. The molecule has 7 heteroatoms. The fourth-order valence-electron chi connectivity index (χ4n) is 4.47. The van der Waals surface area contributed by atoms with Crippen LogP contribution < -0.4 is 10.6 Å². The van der Waals surface area contributed by atoms with Crippen molar-refractivity contribution in [2.45, 2.75) is 95.2 Å². The first kappa shape index (κ1) is 18.4. The summed E-state index contributed by atoms with van der Waals surface area (Å²) >= 11 is 0. The molecule has 148 valence electrons. The maximum absolute atomic E-state index is 12.3. The molecule has 0 bridgehead atoms. The van der Waals surface area contributed by atoms with Crippen molar-refractivity contribution in [2.75, 3.05) is 0 Å². The predicted molar refractivity (Wildman–Crippen MR) is 101 cm³/mol. The van der Waals surface area contributed by atoms with Gasteiger partial charge in [-0.1, -0.05) is 24.5 Å². The first-order valence-electron chi connectivity index (χ1n) is 10.7. The van der Waals surface area contributed by atoms with Crippen LogP contribution >= 0.6 is 0 Å². The van der Waals surface area contributed by atoms with E-state index in [1.807, 2.05) is 4.68 Å². The lowest BCUT2D eigenvalue weighted by Crippen LogP contribution is -2.38. The Hall–Kier alpha value is -1.92. The van der Waals surface area contributed by atoms with Crippen LogP contribution in [0.3, 0.4) is 0 Å². The number of hydrogen-bond acceptors (Lipinski definition) is 4. The summed E-state index contributed by atoms with van der Waals surface area (Å²) in [7, 11) is 0. The average molecular weight is 374 g/mol. The molecule has 0 saturated heterocycles. The minimum Gasteiger partial charge on any atom is -0.353 e. The van der Waals surface area contributed by atoms with Crippen LogP contribution in [0.15, 0.2) is 6.20 Å². The minimum absolute atomic E-state index is 0.118. The quantitative estimate of drug-likeness (QED) is 0.802. The van der Waals surface area contributed by atoms with Crippen LogP contribution in [0, 0.1) is 5.92 Å². The van der Waals surface area contributed by atoms with Crippen molar-refractivity contribution in [2.24, 2.45) is 5.92 Å². The Kier molecular flexibility index (Phi) is 5.74. The lowest BCUT2D eigenvalue weighted by Gasteiger charge is -2.29. The third kappa shape index (κ3) is 5.08. The molecule has 27 heavy (non-hydrogen) atoms. The van der Waals surface area contributed by atoms with Crippen molar-refractivity contribution in [1.82, 2.24) is 25.6 Å². The van der Waals surface area contributed by atoms with Gasteiger partial charge in [0, 0.05) is 18.5 Å². The number of carbonyl (C=O) groups excluding carboxylic acids is 2. The molecule has 1 heterocycles. The van der Waals surface area contributed by atoms with Gasteiger partial charge in [0.1, 0.15) is 0 Å². The first-order chi connectivity index (χ1) is 13.2. The highest BCUT2D eigenvalue weighted by Gasteiger charge is 2.28. The van der Waals surface area contributed by atoms with E-state index in [-0.39, 0.29) is 23.9 Å². The molecule has 0 atom stereocenters. The van der Waals surface area contributed by atoms with Gasteiger partial charge in [-0.15, -0.1) is 5.10 Å². The van der Waals surface area contributed by atoms with Crippen LogP contribution in [-0.2, 0) is 4.79 Å². The maximum Gasteiger partial charge on any atom is 0.273 e. The van der Waals surface area contributed by atoms with Crippen LogP contribution in [0.1, 0.15) is 93.6 Å². The van der Waals surface area contributed by atoms with E-state index in [1.165, 1.54) is 32.1 Å². The molecule has 0 aromatic carbocycles. The molecule has 2 amide bonds. The van der Waals surface area contributed by atoms with E-state index in [4.69, 9.17) is 0 Å².